The van der Waals surface area contributed by atoms with E-state index in [-0.39, 0.29) is 5.91 Å². The Morgan fingerprint density at radius 2 is 2.06 bits per heavy atom. The lowest BCUT2D eigenvalue weighted by atomic mass is 10.2. The number of hydrogen-bond donors (Lipinski definition) is 2. The van der Waals surface area contributed by atoms with Crippen LogP contribution in [0.2, 0.25) is 0 Å². The minimum Gasteiger partial charge on any atom is -0.320 e. The molecule has 0 aliphatic rings. The zero-order chi connectivity index (χ0) is 12.8. The number of hydrogen-bond acceptors (Lipinski definition) is 5. The maximum Gasteiger partial charge on any atom is 0.243 e. The summed E-state index contributed by atoms with van der Waals surface area (Å²) < 4.78 is 0. The van der Waals surface area contributed by atoms with Gasteiger partial charge in [-0.1, -0.05) is 0 Å². The lowest BCUT2D eigenvalue weighted by Crippen LogP contribution is -2.36. The third kappa shape index (κ3) is 4.70. The van der Waals surface area contributed by atoms with E-state index in [0.29, 0.717) is 12.4 Å². The molecule has 5 nitrogen and oxygen atoms in total. The molecule has 17 heavy (non-hydrogen) atoms. The predicted molar refractivity (Wildman–Crippen MR) is 71.1 cm³/mol. The average molecular weight is 254 g/mol. The second-order valence-corrected chi connectivity index (χ2v) is 4.84. The zero-order valence-corrected chi connectivity index (χ0v) is 11.2. The van der Waals surface area contributed by atoms with Crippen LogP contribution in [0.4, 0.5) is 5.95 Å². The van der Waals surface area contributed by atoms with E-state index in [9.17, 15) is 4.79 Å². The first kappa shape index (κ1) is 13.9. The van der Waals surface area contributed by atoms with Crippen LogP contribution in [0.3, 0.4) is 0 Å². The first-order valence-corrected chi connectivity index (χ1v) is 6.80. The summed E-state index contributed by atoms with van der Waals surface area (Å²) in [6.45, 7) is 3.72. The normalized spacial score (nSPS) is 12.2. The molecular formula is C11H18N4OS. The van der Waals surface area contributed by atoms with Crippen molar-refractivity contribution in [1.29, 1.82) is 0 Å². The average Bonchev–Trinajstić information content (AvgIpc) is 2.24. The van der Waals surface area contributed by atoms with Gasteiger partial charge in [-0.3, -0.25) is 10.1 Å². The van der Waals surface area contributed by atoms with Crippen LogP contribution in [0.1, 0.15) is 17.8 Å². The molecule has 0 saturated heterocycles. The van der Waals surface area contributed by atoms with Gasteiger partial charge in [-0.05, 0) is 38.3 Å². The van der Waals surface area contributed by atoms with Crippen LogP contribution in [0.15, 0.2) is 6.07 Å². The molecule has 1 heterocycles. The maximum absolute atomic E-state index is 11.7. The van der Waals surface area contributed by atoms with Crippen LogP contribution in [-0.2, 0) is 4.79 Å². The second kappa shape index (κ2) is 6.56. The molecule has 0 fully saturated rings. The highest BCUT2D eigenvalue weighted by Gasteiger charge is 2.14. The zero-order valence-electron chi connectivity index (χ0n) is 10.4. The third-order valence-corrected chi connectivity index (χ3v) is 2.83. The van der Waals surface area contributed by atoms with E-state index in [1.54, 1.807) is 11.8 Å². The van der Waals surface area contributed by atoms with Crippen molar-refractivity contribution < 1.29 is 4.79 Å². The summed E-state index contributed by atoms with van der Waals surface area (Å²) in [6.07, 6.45) is 2.63. The molecule has 1 aromatic heterocycles. The van der Waals surface area contributed by atoms with Crippen molar-refractivity contribution >= 4 is 23.6 Å². The van der Waals surface area contributed by atoms with E-state index >= 15 is 0 Å². The summed E-state index contributed by atoms with van der Waals surface area (Å²) in [6, 6.07) is 1.34. The van der Waals surface area contributed by atoms with Gasteiger partial charge < -0.3 is 5.73 Å². The number of nitrogens with zero attached hydrogens (tertiary/aromatic N) is 2. The lowest BCUT2D eigenvalue weighted by molar-refractivity contribution is -0.117. The Morgan fingerprint density at radius 3 is 2.59 bits per heavy atom. The number of nitrogens with one attached hydrogen (secondary N) is 1. The molecule has 0 unspecified atom stereocenters. The van der Waals surface area contributed by atoms with Crippen molar-refractivity contribution in [3.63, 3.8) is 0 Å². The van der Waals surface area contributed by atoms with E-state index in [0.717, 1.165) is 17.1 Å². The van der Waals surface area contributed by atoms with Crippen LogP contribution >= 0.6 is 11.8 Å². The standard InChI is InChI=1S/C11H18N4OS/c1-7-6-8(2)14-11(13-7)15-10(16)9(12)4-5-17-3/h6,9H,4-5,12H2,1-3H3,(H,13,14,15,16)/t9-/m1/s1. The van der Waals surface area contributed by atoms with Crippen molar-refractivity contribution in [2.75, 3.05) is 17.3 Å². The highest BCUT2D eigenvalue weighted by atomic mass is 32.2. The highest BCUT2D eigenvalue weighted by Crippen LogP contribution is 2.05. The second-order valence-electron chi connectivity index (χ2n) is 3.85. The summed E-state index contributed by atoms with van der Waals surface area (Å²) in [5.74, 6) is 0.957. The van der Waals surface area contributed by atoms with Crippen LogP contribution in [0, 0.1) is 13.8 Å². The molecule has 0 saturated carbocycles. The van der Waals surface area contributed by atoms with E-state index < -0.39 is 6.04 Å². The summed E-state index contributed by atoms with van der Waals surface area (Å²) in [5, 5.41) is 2.64. The Bertz CT molecular complexity index is 377. The molecule has 1 atom stereocenters. The first-order valence-electron chi connectivity index (χ1n) is 5.40. The van der Waals surface area contributed by atoms with E-state index in [1.807, 2.05) is 26.2 Å². The molecule has 0 spiro atoms. The minimum atomic E-state index is -0.508. The number of rotatable bonds is 5. The maximum atomic E-state index is 11.7. The molecule has 94 valence electrons. The fourth-order valence-electron chi connectivity index (χ4n) is 1.36. The van der Waals surface area contributed by atoms with Gasteiger partial charge >= 0.3 is 0 Å². The van der Waals surface area contributed by atoms with E-state index in [2.05, 4.69) is 15.3 Å². The number of amides is 1. The first-order chi connectivity index (χ1) is 8.02. The smallest absolute Gasteiger partial charge is 0.243 e. The number of carbonyl (C=O) groups is 1. The monoisotopic (exact) mass is 254 g/mol. The molecule has 1 amide bonds. The van der Waals surface area contributed by atoms with Gasteiger partial charge in [0.1, 0.15) is 0 Å². The van der Waals surface area contributed by atoms with Gasteiger partial charge in [0.25, 0.3) is 0 Å². The number of thioether (sulfide) groups is 1. The Hall–Kier alpha value is -1.14. The summed E-state index contributed by atoms with van der Waals surface area (Å²) in [7, 11) is 0. The SMILES string of the molecule is CSCC[C@@H](N)C(=O)Nc1nc(C)cc(C)n1. The quantitative estimate of drug-likeness (QED) is 0.822. The molecule has 0 aromatic carbocycles. The Labute approximate surface area is 106 Å². The van der Waals surface area contributed by atoms with Gasteiger partial charge in [0.05, 0.1) is 6.04 Å². The summed E-state index contributed by atoms with van der Waals surface area (Å²) >= 11 is 1.67. The molecular weight excluding hydrogens is 236 g/mol. The van der Waals surface area contributed by atoms with Gasteiger partial charge in [0, 0.05) is 11.4 Å². The molecule has 1 rings (SSSR count). The molecule has 0 aliphatic heterocycles. The topological polar surface area (TPSA) is 80.9 Å². The molecule has 0 aliphatic carbocycles. The van der Waals surface area contributed by atoms with Gasteiger partial charge in [0.2, 0.25) is 11.9 Å². The minimum absolute atomic E-state index is 0.232. The van der Waals surface area contributed by atoms with Crippen molar-refractivity contribution in [3.8, 4) is 0 Å². The summed E-state index contributed by atoms with van der Waals surface area (Å²) in [4.78, 5) is 20.0. The lowest BCUT2D eigenvalue weighted by Gasteiger charge is -2.11. The van der Waals surface area contributed by atoms with Crippen molar-refractivity contribution in [2.45, 2.75) is 26.3 Å². The molecule has 0 bridgehead atoms. The molecule has 3 N–H and O–H groups in total. The van der Waals surface area contributed by atoms with E-state index in [4.69, 9.17) is 5.73 Å². The molecule has 6 heteroatoms. The Kier molecular flexibility index (Phi) is 5.37. The van der Waals surface area contributed by atoms with Gasteiger partial charge in [0.15, 0.2) is 0 Å². The Balaban J connectivity index is 2.61. The van der Waals surface area contributed by atoms with Gasteiger partial charge in [-0.15, -0.1) is 0 Å². The van der Waals surface area contributed by atoms with Crippen LogP contribution in [0.25, 0.3) is 0 Å². The number of carbonyl (C=O) groups excluding carboxylic acids is 1. The number of aryl methyl sites for hydroxylation is 2. The highest BCUT2D eigenvalue weighted by molar-refractivity contribution is 7.98. The van der Waals surface area contributed by atoms with E-state index in [1.165, 1.54) is 0 Å². The van der Waals surface area contributed by atoms with Gasteiger partial charge in [-0.2, -0.15) is 11.8 Å². The number of aromatic nitrogens is 2. The fraction of sp³-hybridized carbons (Fsp3) is 0.545. The molecule has 1 aromatic rings. The largest absolute Gasteiger partial charge is 0.320 e. The van der Waals surface area contributed by atoms with Crippen molar-refractivity contribution in [2.24, 2.45) is 5.73 Å². The van der Waals surface area contributed by atoms with Gasteiger partial charge in [-0.25, -0.2) is 9.97 Å². The van der Waals surface area contributed by atoms with Crippen molar-refractivity contribution in [3.05, 3.63) is 17.5 Å². The van der Waals surface area contributed by atoms with Crippen LogP contribution in [0.5, 0.6) is 0 Å². The Morgan fingerprint density at radius 1 is 1.47 bits per heavy atom. The summed E-state index contributed by atoms with van der Waals surface area (Å²) in [5.41, 5.74) is 7.40. The number of nitrogens with two attached hydrogens (primary N) is 1. The number of anilines is 1. The fourth-order valence-corrected chi connectivity index (χ4v) is 1.85. The third-order valence-electron chi connectivity index (χ3n) is 2.19. The van der Waals surface area contributed by atoms with Crippen molar-refractivity contribution in [1.82, 2.24) is 9.97 Å². The van der Waals surface area contributed by atoms with Crippen LogP contribution in [-0.4, -0.2) is 33.9 Å². The predicted octanol–water partition coefficient (Wildman–Crippen LogP) is 1.11. The van der Waals surface area contributed by atoms with Crippen LogP contribution < -0.4 is 11.1 Å². The molecule has 0 radical (unpaired) electrons.